The second-order valence-corrected chi connectivity index (χ2v) is 5.38. The first-order valence-electron chi connectivity index (χ1n) is 6.98. The van der Waals surface area contributed by atoms with Gasteiger partial charge in [0.15, 0.2) is 0 Å². The molecule has 0 radical (unpaired) electrons. The van der Waals surface area contributed by atoms with Gasteiger partial charge in [0.1, 0.15) is 0 Å². The average Bonchev–Trinajstić information content (AvgIpc) is 2.84. The van der Waals surface area contributed by atoms with Crippen molar-refractivity contribution in [2.45, 2.75) is 57.2 Å². The van der Waals surface area contributed by atoms with Crippen LogP contribution >= 0.6 is 0 Å². The highest BCUT2D eigenvalue weighted by Crippen LogP contribution is 2.29. The summed E-state index contributed by atoms with van der Waals surface area (Å²) >= 11 is 0. The molecular formula is C13H22N2O4. The van der Waals surface area contributed by atoms with Gasteiger partial charge in [0.05, 0.1) is 18.8 Å². The number of rotatable bonds is 4. The van der Waals surface area contributed by atoms with Gasteiger partial charge in [0.25, 0.3) is 0 Å². The molecule has 1 saturated heterocycles. The molecule has 0 aromatic rings. The van der Waals surface area contributed by atoms with Gasteiger partial charge in [0.2, 0.25) is 0 Å². The Hall–Kier alpha value is -1.30. The third kappa shape index (κ3) is 3.59. The van der Waals surface area contributed by atoms with Crippen molar-refractivity contribution in [2.24, 2.45) is 0 Å². The van der Waals surface area contributed by atoms with Gasteiger partial charge >= 0.3 is 12.0 Å². The number of hydrogen-bond donors (Lipinski definition) is 2. The Kier molecular flexibility index (Phi) is 4.63. The highest BCUT2D eigenvalue weighted by atomic mass is 16.5. The maximum atomic E-state index is 12.2. The van der Waals surface area contributed by atoms with Crippen molar-refractivity contribution in [2.75, 3.05) is 13.2 Å². The third-order valence-corrected chi connectivity index (χ3v) is 3.90. The molecule has 1 heterocycles. The van der Waals surface area contributed by atoms with Crippen LogP contribution in [-0.2, 0) is 9.53 Å². The molecule has 2 amide bonds. The van der Waals surface area contributed by atoms with E-state index in [0.29, 0.717) is 19.6 Å². The van der Waals surface area contributed by atoms with E-state index in [0.717, 1.165) is 19.3 Å². The minimum Gasteiger partial charge on any atom is -0.481 e. The highest BCUT2D eigenvalue weighted by Gasteiger charge is 2.38. The molecule has 19 heavy (non-hydrogen) atoms. The molecule has 3 atom stereocenters. The lowest BCUT2D eigenvalue weighted by Gasteiger charge is -2.38. The number of ether oxygens (including phenoxy) is 1. The quantitative estimate of drug-likeness (QED) is 0.804. The summed E-state index contributed by atoms with van der Waals surface area (Å²) < 4.78 is 5.67. The second-order valence-electron chi connectivity index (χ2n) is 5.38. The van der Waals surface area contributed by atoms with Gasteiger partial charge in [-0.2, -0.15) is 0 Å². The molecule has 1 saturated carbocycles. The summed E-state index contributed by atoms with van der Waals surface area (Å²) in [7, 11) is 0. The molecule has 2 aliphatic rings. The predicted molar refractivity (Wildman–Crippen MR) is 68.9 cm³/mol. The molecule has 0 aromatic heterocycles. The number of carbonyl (C=O) groups excluding carboxylic acids is 1. The number of nitrogens with zero attached hydrogens (tertiary/aromatic N) is 1. The number of hydrogen-bond acceptors (Lipinski definition) is 3. The molecule has 6 nitrogen and oxygen atoms in total. The molecule has 0 bridgehead atoms. The number of morpholine rings is 1. The van der Waals surface area contributed by atoms with Gasteiger partial charge in [-0.05, 0) is 32.6 Å². The van der Waals surface area contributed by atoms with Crippen LogP contribution in [-0.4, -0.2) is 53.3 Å². The average molecular weight is 270 g/mol. The largest absolute Gasteiger partial charge is 0.481 e. The van der Waals surface area contributed by atoms with Crippen molar-refractivity contribution in [3.8, 4) is 0 Å². The fourth-order valence-electron chi connectivity index (χ4n) is 2.88. The van der Waals surface area contributed by atoms with Crippen molar-refractivity contribution in [1.29, 1.82) is 0 Å². The predicted octanol–water partition coefficient (Wildman–Crippen LogP) is 1.20. The smallest absolute Gasteiger partial charge is 0.318 e. The Balaban J connectivity index is 1.83. The van der Waals surface area contributed by atoms with E-state index in [2.05, 4.69) is 5.32 Å². The molecule has 6 heteroatoms. The summed E-state index contributed by atoms with van der Waals surface area (Å²) in [6, 6.07) is -0.00943. The SMILES string of the molecule is CC(CCC(=O)O)NC(=O)N1CCOC2CCCC21. The van der Waals surface area contributed by atoms with Gasteiger partial charge in [0, 0.05) is 19.0 Å². The van der Waals surface area contributed by atoms with E-state index in [9.17, 15) is 9.59 Å². The lowest BCUT2D eigenvalue weighted by Crippen LogP contribution is -2.55. The van der Waals surface area contributed by atoms with Gasteiger partial charge in [-0.25, -0.2) is 4.79 Å². The number of fused-ring (bicyclic) bond motifs is 1. The minimum atomic E-state index is -0.830. The Morgan fingerprint density at radius 3 is 3.00 bits per heavy atom. The monoisotopic (exact) mass is 270 g/mol. The molecule has 1 aliphatic heterocycles. The van der Waals surface area contributed by atoms with Crippen LogP contribution in [0.1, 0.15) is 39.0 Å². The normalized spacial score (nSPS) is 27.7. The summed E-state index contributed by atoms with van der Waals surface area (Å²) in [6.07, 6.45) is 3.86. The van der Waals surface area contributed by atoms with Crippen LogP contribution in [0.2, 0.25) is 0 Å². The topological polar surface area (TPSA) is 78.9 Å². The number of urea groups is 1. The number of amides is 2. The van der Waals surface area contributed by atoms with Crippen LogP contribution in [0.4, 0.5) is 4.79 Å². The van der Waals surface area contributed by atoms with Gasteiger partial charge in [-0.3, -0.25) is 4.79 Å². The molecule has 1 aliphatic carbocycles. The van der Waals surface area contributed by atoms with E-state index >= 15 is 0 Å². The van der Waals surface area contributed by atoms with Crippen LogP contribution in [0.25, 0.3) is 0 Å². The molecule has 0 spiro atoms. The van der Waals surface area contributed by atoms with E-state index in [1.54, 1.807) is 0 Å². The van der Waals surface area contributed by atoms with Crippen molar-refractivity contribution in [1.82, 2.24) is 10.2 Å². The van der Waals surface area contributed by atoms with E-state index < -0.39 is 5.97 Å². The first-order valence-corrected chi connectivity index (χ1v) is 6.98. The van der Waals surface area contributed by atoms with Gasteiger partial charge in [-0.1, -0.05) is 0 Å². The van der Waals surface area contributed by atoms with Gasteiger partial charge < -0.3 is 20.1 Å². The number of aliphatic carboxylic acids is 1. The molecular weight excluding hydrogens is 248 g/mol. The molecule has 3 unspecified atom stereocenters. The highest BCUT2D eigenvalue weighted by molar-refractivity contribution is 5.75. The van der Waals surface area contributed by atoms with E-state index in [-0.39, 0.29) is 30.6 Å². The van der Waals surface area contributed by atoms with Crippen molar-refractivity contribution in [3.63, 3.8) is 0 Å². The van der Waals surface area contributed by atoms with Crippen molar-refractivity contribution >= 4 is 12.0 Å². The summed E-state index contributed by atoms with van der Waals surface area (Å²) in [5.74, 6) is -0.830. The first kappa shape index (κ1) is 14.1. The van der Waals surface area contributed by atoms with Crippen molar-refractivity contribution < 1.29 is 19.4 Å². The van der Waals surface area contributed by atoms with Crippen LogP contribution < -0.4 is 5.32 Å². The fourth-order valence-corrected chi connectivity index (χ4v) is 2.88. The van der Waals surface area contributed by atoms with Crippen LogP contribution in [0, 0.1) is 0 Å². The third-order valence-electron chi connectivity index (χ3n) is 3.90. The maximum absolute atomic E-state index is 12.2. The molecule has 2 fully saturated rings. The summed E-state index contributed by atoms with van der Waals surface area (Å²) in [6.45, 7) is 3.06. The Morgan fingerprint density at radius 2 is 2.26 bits per heavy atom. The van der Waals surface area contributed by atoms with E-state index in [4.69, 9.17) is 9.84 Å². The number of nitrogens with one attached hydrogen (secondary N) is 1. The van der Waals surface area contributed by atoms with Crippen molar-refractivity contribution in [3.05, 3.63) is 0 Å². The Morgan fingerprint density at radius 1 is 1.47 bits per heavy atom. The van der Waals surface area contributed by atoms with Gasteiger partial charge in [-0.15, -0.1) is 0 Å². The fraction of sp³-hybridized carbons (Fsp3) is 0.846. The summed E-state index contributed by atoms with van der Waals surface area (Å²) in [5.41, 5.74) is 0. The Labute approximate surface area is 113 Å². The lowest BCUT2D eigenvalue weighted by atomic mass is 10.1. The second kappa shape index (κ2) is 6.23. The molecule has 2 N–H and O–H groups in total. The maximum Gasteiger partial charge on any atom is 0.318 e. The molecule has 0 aromatic carbocycles. The van der Waals surface area contributed by atoms with Crippen LogP contribution in [0.15, 0.2) is 0 Å². The standard InChI is InChI=1S/C13H22N2O4/c1-9(5-6-12(16)17)14-13(18)15-7-8-19-11-4-2-3-10(11)15/h9-11H,2-8H2,1H3,(H,14,18)(H,16,17). The zero-order valence-corrected chi connectivity index (χ0v) is 11.3. The summed E-state index contributed by atoms with van der Waals surface area (Å²) in [5, 5.41) is 11.5. The minimum absolute atomic E-state index is 0.0800. The van der Waals surface area contributed by atoms with Crippen LogP contribution in [0.5, 0.6) is 0 Å². The number of carbonyl (C=O) groups is 2. The van der Waals surface area contributed by atoms with Crippen LogP contribution in [0.3, 0.4) is 0 Å². The zero-order valence-electron chi connectivity index (χ0n) is 11.3. The number of carboxylic acids is 1. The van der Waals surface area contributed by atoms with E-state index in [1.807, 2.05) is 11.8 Å². The molecule has 2 rings (SSSR count). The first-order chi connectivity index (χ1) is 9.08. The lowest BCUT2D eigenvalue weighted by molar-refractivity contribution is -0.137. The Bertz CT molecular complexity index is 348. The summed E-state index contributed by atoms with van der Waals surface area (Å²) in [4.78, 5) is 24.6. The zero-order chi connectivity index (χ0) is 13.8. The molecule has 108 valence electrons. The number of carboxylic acid groups (broad SMARTS) is 1. The van der Waals surface area contributed by atoms with E-state index in [1.165, 1.54) is 0 Å².